The summed E-state index contributed by atoms with van der Waals surface area (Å²) in [4.78, 5) is 11.6. The number of fused-ring (bicyclic) bond motifs is 2. The molecule has 0 radical (unpaired) electrons. The Bertz CT molecular complexity index is 615. The summed E-state index contributed by atoms with van der Waals surface area (Å²) in [5.74, 6) is 0. The zero-order chi connectivity index (χ0) is 9.54. The molecule has 0 amide bonds. The molecule has 3 aromatic rings. The third-order valence-corrected chi connectivity index (χ3v) is 2.66. The van der Waals surface area contributed by atoms with E-state index in [4.69, 9.17) is 0 Å². The third kappa shape index (κ3) is 1.11. The van der Waals surface area contributed by atoms with Gasteiger partial charge < -0.3 is 4.98 Å². The highest BCUT2D eigenvalue weighted by atomic mass is 79.9. The topological polar surface area (TPSA) is 41.6 Å². The van der Waals surface area contributed by atoms with E-state index in [0.29, 0.717) is 0 Å². The fourth-order valence-corrected chi connectivity index (χ4v) is 1.85. The number of aromatic nitrogens is 3. The molecule has 2 heterocycles. The van der Waals surface area contributed by atoms with Crippen molar-refractivity contribution in [2.24, 2.45) is 0 Å². The quantitative estimate of drug-likeness (QED) is 0.664. The molecule has 0 aliphatic rings. The number of pyridine rings is 1. The van der Waals surface area contributed by atoms with E-state index in [-0.39, 0.29) is 0 Å². The minimum atomic E-state index is 0.829. The third-order valence-electron chi connectivity index (χ3n) is 2.16. The maximum atomic E-state index is 4.45. The van der Waals surface area contributed by atoms with Gasteiger partial charge in [0.25, 0.3) is 0 Å². The first kappa shape index (κ1) is 7.94. The minimum absolute atomic E-state index is 0.829. The number of nitrogens with one attached hydrogen (secondary N) is 1. The summed E-state index contributed by atoms with van der Waals surface area (Å²) in [7, 11) is 0. The monoisotopic (exact) mass is 247 g/mol. The maximum Gasteiger partial charge on any atom is 0.157 e. The van der Waals surface area contributed by atoms with Crippen LogP contribution >= 0.6 is 15.9 Å². The lowest BCUT2D eigenvalue weighted by atomic mass is 10.2. The molecular formula is C10H6BrN3. The Labute approximate surface area is 88.3 Å². The summed E-state index contributed by atoms with van der Waals surface area (Å²) in [6.07, 6.45) is 1.66. The summed E-state index contributed by atoms with van der Waals surface area (Å²) in [5, 5.41) is 1.10. The number of nitrogens with zero attached hydrogens (tertiary/aromatic N) is 2. The van der Waals surface area contributed by atoms with Crippen molar-refractivity contribution in [3.05, 3.63) is 35.1 Å². The van der Waals surface area contributed by atoms with Gasteiger partial charge in [0.2, 0.25) is 0 Å². The van der Waals surface area contributed by atoms with Crippen molar-refractivity contribution in [1.82, 2.24) is 15.0 Å². The van der Waals surface area contributed by atoms with Crippen LogP contribution in [0, 0.1) is 0 Å². The van der Waals surface area contributed by atoms with Crippen LogP contribution in [0.3, 0.4) is 0 Å². The molecule has 0 atom stereocenters. The summed E-state index contributed by atoms with van der Waals surface area (Å²) < 4.78 is 1.04. The highest BCUT2D eigenvalue weighted by molar-refractivity contribution is 9.10. The Balaban J connectivity index is 2.50. The molecule has 2 aromatic heterocycles. The van der Waals surface area contributed by atoms with Crippen molar-refractivity contribution in [2.75, 3.05) is 0 Å². The second-order valence-corrected chi connectivity index (χ2v) is 4.01. The van der Waals surface area contributed by atoms with Gasteiger partial charge in [0.15, 0.2) is 5.65 Å². The van der Waals surface area contributed by atoms with Gasteiger partial charge in [-0.15, -0.1) is 0 Å². The number of rotatable bonds is 0. The molecule has 0 aliphatic carbocycles. The molecular weight excluding hydrogens is 242 g/mol. The lowest BCUT2D eigenvalue weighted by Gasteiger charge is -1.97. The van der Waals surface area contributed by atoms with Crippen LogP contribution in [0.15, 0.2) is 35.1 Å². The smallest absolute Gasteiger partial charge is 0.157 e. The van der Waals surface area contributed by atoms with Crippen LogP contribution < -0.4 is 0 Å². The van der Waals surface area contributed by atoms with Gasteiger partial charge in [-0.3, -0.25) is 0 Å². The van der Waals surface area contributed by atoms with Gasteiger partial charge in [-0.1, -0.05) is 22.0 Å². The van der Waals surface area contributed by atoms with Gasteiger partial charge in [0, 0.05) is 9.86 Å². The number of hydrogen-bond donors (Lipinski definition) is 1. The second-order valence-electron chi connectivity index (χ2n) is 3.10. The zero-order valence-electron chi connectivity index (χ0n) is 7.16. The van der Waals surface area contributed by atoms with E-state index < -0.39 is 0 Å². The average Bonchev–Trinajstić information content (AvgIpc) is 2.61. The van der Waals surface area contributed by atoms with Gasteiger partial charge in [-0.25, -0.2) is 9.97 Å². The molecule has 0 unspecified atom stereocenters. The van der Waals surface area contributed by atoms with Crippen molar-refractivity contribution in [2.45, 2.75) is 0 Å². The lowest BCUT2D eigenvalue weighted by molar-refractivity contribution is 1.32. The summed E-state index contributed by atoms with van der Waals surface area (Å²) in [6, 6.07) is 8.05. The molecule has 0 bridgehead atoms. The SMILES string of the molecule is Brc1ccc2cc3nc[nH]c3nc2c1. The number of hydrogen-bond acceptors (Lipinski definition) is 2. The van der Waals surface area contributed by atoms with Crippen LogP contribution in [0.1, 0.15) is 0 Å². The summed E-state index contributed by atoms with van der Waals surface area (Å²) in [6.45, 7) is 0. The standard InChI is InChI=1S/C10H6BrN3/c11-7-2-1-6-3-9-10(13-5-12-9)14-8(6)4-7/h1-5H,(H,12,13,14). The van der Waals surface area contributed by atoms with Crippen LogP contribution in [0.4, 0.5) is 0 Å². The average molecular weight is 248 g/mol. The van der Waals surface area contributed by atoms with Crippen LogP contribution in [0.5, 0.6) is 0 Å². The molecule has 3 rings (SSSR count). The number of H-pyrrole nitrogens is 1. The van der Waals surface area contributed by atoms with E-state index in [1.807, 2.05) is 24.3 Å². The first-order valence-electron chi connectivity index (χ1n) is 4.22. The van der Waals surface area contributed by atoms with Crippen molar-refractivity contribution in [3.8, 4) is 0 Å². The highest BCUT2D eigenvalue weighted by Crippen LogP contribution is 2.20. The molecule has 14 heavy (non-hydrogen) atoms. The van der Waals surface area contributed by atoms with E-state index in [0.717, 1.165) is 26.5 Å². The molecule has 3 nitrogen and oxygen atoms in total. The van der Waals surface area contributed by atoms with E-state index in [9.17, 15) is 0 Å². The van der Waals surface area contributed by atoms with Gasteiger partial charge in [-0.05, 0) is 18.2 Å². The Morgan fingerprint density at radius 3 is 3.00 bits per heavy atom. The number of benzene rings is 1. The van der Waals surface area contributed by atoms with E-state index in [1.54, 1.807) is 6.33 Å². The van der Waals surface area contributed by atoms with E-state index in [2.05, 4.69) is 30.9 Å². The first-order chi connectivity index (χ1) is 6.83. The summed E-state index contributed by atoms with van der Waals surface area (Å²) in [5.41, 5.74) is 2.70. The second kappa shape index (κ2) is 2.78. The molecule has 0 aliphatic heterocycles. The molecule has 4 heteroatoms. The van der Waals surface area contributed by atoms with Crippen LogP contribution in [-0.4, -0.2) is 15.0 Å². The molecule has 1 aromatic carbocycles. The van der Waals surface area contributed by atoms with Crippen LogP contribution in [-0.2, 0) is 0 Å². The molecule has 0 saturated carbocycles. The summed E-state index contributed by atoms with van der Waals surface area (Å²) >= 11 is 3.42. The van der Waals surface area contributed by atoms with Gasteiger partial charge >= 0.3 is 0 Å². The van der Waals surface area contributed by atoms with Crippen molar-refractivity contribution in [1.29, 1.82) is 0 Å². The molecule has 0 saturated heterocycles. The van der Waals surface area contributed by atoms with Crippen LogP contribution in [0.25, 0.3) is 22.1 Å². The zero-order valence-corrected chi connectivity index (χ0v) is 8.75. The Morgan fingerprint density at radius 2 is 2.07 bits per heavy atom. The lowest BCUT2D eigenvalue weighted by Crippen LogP contribution is -1.81. The highest BCUT2D eigenvalue weighted by Gasteiger charge is 2.01. The van der Waals surface area contributed by atoms with Crippen molar-refractivity contribution in [3.63, 3.8) is 0 Å². The van der Waals surface area contributed by atoms with E-state index in [1.165, 1.54) is 0 Å². The predicted octanol–water partition coefficient (Wildman–Crippen LogP) is 2.87. The number of aromatic amines is 1. The largest absolute Gasteiger partial charge is 0.329 e. The Hall–Kier alpha value is -1.42. The fraction of sp³-hybridized carbons (Fsp3) is 0. The minimum Gasteiger partial charge on any atom is -0.329 e. The number of imidazole rings is 1. The Kier molecular flexibility index (Phi) is 1.58. The van der Waals surface area contributed by atoms with Crippen molar-refractivity contribution < 1.29 is 0 Å². The first-order valence-corrected chi connectivity index (χ1v) is 5.02. The molecule has 1 N–H and O–H groups in total. The molecule has 0 spiro atoms. The van der Waals surface area contributed by atoms with E-state index >= 15 is 0 Å². The van der Waals surface area contributed by atoms with Gasteiger partial charge in [-0.2, -0.15) is 0 Å². The number of halogens is 1. The van der Waals surface area contributed by atoms with Gasteiger partial charge in [0.05, 0.1) is 11.8 Å². The van der Waals surface area contributed by atoms with Gasteiger partial charge in [0.1, 0.15) is 5.52 Å². The maximum absolute atomic E-state index is 4.45. The molecule has 0 fully saturated rings. The normalized spacial score (nSPS) is 11.2. The van der Waals surface area contributed by atoms with Crippen molar-refractivity contribution >= 4 is 38.0 Å². The predicted molar refractivity (Wildman–Crippen MR) is 59.1 cm³/mol. The van der Waals surface area contributed by atoms with Crippen LogP contribution in [0.2, 0.25) is 0 Å². The fourth-order valence-electron chi connectivity index (χ4n) is 1.50. The molecule has 68 valence electrons. The Morgan fingerprint density at radius 1 is 1.14 bits per heavy atom.